The molecular formula is C22H17FN4. The molecule has 0 amide bonds. The van der Waals surface area contributed by atoms with Crippen molar-refractivity contribution in [2.45, 2.75) is 6.92 Å². The molecule has 1 heterocycles. The van der Waals surface area contributed by atoms with Crippen LogP contribution in [0.5, 0.6) is 0 Å². The Hall–Kier alpha value is -3.60. The standard InChI is InChI=1S/C22H17FN4/c1-15-9-11-17(12-10-15)21-25-20-8-3-2-7-19(20)22(26-21)27-24-14-16-5-4-6-18(23)13-16/h2-14H,1H3,(H,25,26,27). The molecule has 0 unspecified atom stereocenters. The predicted octanol–water partition coefficient (Wildman–Crippen LogP) is 5.19. The van der Waals surface area contributed by atoms with Crippen molar-refractivity contribution in [1.29, 1.82) is 0 Å². The molecule has 5 heteroatoms. The van der Waals surface area contributed by atoms with Crippen LogP contribution in [0.15, 0.2) is 77.9 Å². The molecule has 0 fully saturated rings. The third kappa shape index (κ3) is 3.82. The number of hydrazone groups is 1. The Balaban J connectivity index is 1.71. The van der Waals surface area contributed by atoms with Crippen LogP contribution in [0.4, 0.5) is 10.2 Å². The largest absolute Gasteiger partial charge is 0.261 e. The SMILES string of the molecule is Cc1ccc(-c2nc(NN=Cc3cccc(F)c3)c3ccccc3n2)cc1. The van der Waals surface area contributed by atoms with E-state index in [-0.39, 0.29) is 5.82 Å². The Labute approximate surface area is 156 Å². The molecule has 0 saturated carbocycles. The number of aromatic nitrogens is 2. The van der Waals surface area contributed by atoms with Gasteiger partial charge in [-0.2, -0.15) is 5.10 Å². The normalized spacial score (nSPS) is 11.2. The van der Waals surface area contributed by atoms with Crippen LogP contribution in [0.1, 0.15) is 11.1 Å². The molecule has 4 aromatic rings. The summed E-state index contributed by atoms with van der Waals surface area (Å²) in [6.07, 6.45) is 1.56. The van der Waals surface area contributed by atoms with Crippen molar-refractivity contribution in [3.8, 4) is 11.4 Å². The topological polar surface area (TPSA) is 50.2 Å². The van der Waals surface area contributed by atoms with E-state index in [9.17, 15) is 4.39 Å². The van der Waals surface area contributed by atoms with Crippen LogP contribution in [-0.4, -0.2) is 16.2 Å². The van der Waals surface area contributed by atoms with Gasteiger partial charge < -0.3 is 0 Å². The van der Waals surface area contributed by atoms with Crippen LogP contribution >= 0.6 is 0 Å². The van der Waals surface area contributed by atoms with E-state index in [0.29, 0.717) is 17.2 Å². The van der Waals surface area contributed by atoms with Crippen molar-refractivity contribution in [1.82, 2.24) is 9.97 Å². The van der Waals surface area contributed by atoms with E-state index in [4.69, 9.17) is 0 Å². The van der Waals surface area contributed by atoms with Gasteiger partial charge in [0.2, 0.25) is 0 Å². The van der Waals surface area contributed by atoms with E-state index in [1.54, 1.807) is 18.3 Å². The number of aryl methyl sites for hydroxylation is 1. The Morgan fingerprint density at radius 2 is 1.74 bits per heavy atom. The van der Waals surface area contributed by atoms with Gasteiger partial charge >= 0.3 is 0 Å². The number of hydrogen-bond donors (Lipinski definition) is 1. The molecular weight excluding hydrogens is 339 g/mol. The molecule has 0 saturated heterocycles. The minimum absolute atomic E-state index is 0.298. The molecule has 0 radical (unpaired) electrons. The van der Waals surface area contributed by atoms with Gasteiger partial charge in [-0.15, -0.1) is 0 Å². The van der Waals surface area contributed by atoms with Crippen molar-refractivity contribution in [3.63, 3.8) is 0 Å². The molecule has 4 nitrogen and oxygen atoms in total. The summed E-state index contributed by atoms with van der Waals surface area (Å²) in [5.74, 6) is 0.925. The summed E-state index contributed by atoms with van der Waals surface area (Å²) in [4.78, 5) is 9.30. The van der Waals surface area contributed by atoms with Gasteiger partial charge in [0.1, 0.15) is 5.82 Å². The van der Waals surface area contributed by atoms with Gasteiger partial charge in [0.05, 0.1) is 11.7 Å². The van der Waals surface area contributed by atoms with Crippen LogP contribution < -0.4 is 5.43 Å². The van der Waals surface area contributed by atoms with Gasteiger partial charge in [-0.3, -0.25) is 5.43 Å². The molecule has 4 rings (SSSR count). The summed E-state index contributed by atoms with van der Waals surface area (Å²) in [5, 5.41) is 5.09. The average molecular weight is 356 g/mol. The van der Waals surface area contributed by atoms with E-state index < -0.39 is 0 Å². The summed E-state index contributed by atoms with van der Waals surface area (Å²) < 4.78 is 13.3. The molecule has 0 aliphatic carbocycles. The fraction of sp³-hybridized carbons (Fsp3) is 0.0455. The Bertz CT molecular complexity index is 1120. The highest BCUT2D eigenvalue weighted by atomic mass is 19.1. The van der Waals surface area contributed by atoms with Crippen molar-refractivity contribution < 1.29 is 4.39 Å². The average Bonchev–Trinajstić information content (AvgIpc) is 2.68. The van der Waals surface area contributed by atoms with Crippen LogP contribution in [0, 0.1) is 12.7 Å². The van der Waals surface area contributed by atoms with E-state index in [1.807, 2.05) is 55.5 Å². The molecule has 0 atom stereocenters. The van der Waals surface area contributed by atoms with Gasteiger partial charge in [0.25, 0.3) is 0 Å². The van der Waals surface area contributed by atoms with Crippen LogP contribution in [0.2, 0.25) is 0 Å². The molecule has 0 aliphatic heterocycles. The lowest BCUT2D eigenvalue weighted by molar-refractivity contribution is 0.627. The second-order valence-electron chi connectivity index (χ2n) is 6.20. The number of benzene rings is 3. The van der Waals surface area contributed by atoms with Gasteiger partial charge in [-0.1, -0.05) is 54.1 Å². The molecule has 0 aliphatic rings. The molecule has 132 valence electrons. The number of rotatable bonds is 4. The zero-order valence-electron chi connectivity index (χ0n) is 14.7. The third-order valence-corrected chi connectivity index (χ3v) is 4.15. The number of hydrogen-bond acceptors (Lipinski definition) is 4. The Morgan fingerprint density at radius 1 is 0.926 bits per heavy atom. The van der Waals surface area contributed by atoms with Crippen molar-refractivity contribution >= 4 is 22.9 Å². The van der Waals surface area contributed by atoms with Crippen LogP contribution in [0.25, 0.3) is 22.3 Å². The molecule has 27 heavy (non-hydrogen) atoms. The molecule has 0 spiro atoms. The van der Waals surface area contributed by atoms with E-state index in [1.165, 1.54) is 17.7 Å². The highest BCUT2D eigenvalue weighted by Crippen LogP contribution is 2.25. The first-order valence-electron chi connectivity index (χ1n) is 8.57. The minimum atomic E-state index is -0.298. The number of para-hydroxylation sites is 1. The number of nitrogens with one attached hydrogen (secondary N) is 1. The molecule has 0 bridgehead atoms. The Morgan fingerprint density at radius 3 is 2.56 bits per heavy atom. The Kier molecular flexibility index (Phi) is 4.58. The first kappa shape index (κ1) is 16.8. The number of anilines is 1. The first-order valence-corrected chi connectivity index (χ1v) is 8.57. The van der Waals surface area contributed by atoms with Crippen LogP contribution in [-0.2, 0) is 0 Å². The fourth-order valence-corrected chi connectivity index (χ4v) is 2.75. The van der Waals surface area contributed by atoms with E-state index >= 15 is 0 Å². The number of fused-ring (bicyclic) bond motifs is 1. The monoisotopic (exact) mass is 356 g/mol. The molecule has 1 aromatic heterocycles. The van der Waals surface area contributed by atoms with Crippen molar-refractivity contribution in [3.05, 3.63) is 89.7 Å². The molecule has 1 N–H and O–H groups in total. The fourth-order valence-electron chi connectivity index (χ4n) is 2.75. The maximum absolute atomic E-state index is 13.3. The summed E-state index contributed by atoms with van der Waals surface area (Å²) in [6, 6.07) is 22.1. The zero-order chi connectivity index (χ0) is 18.6. The van der Waals surface area contributed by atoms with Crippen molar-refractivity contribution in [2.75, 3.05) is 5.43 Å². The van der Waals surface area contributed by atoms with Gasteiger partial charge in [-0.05, 0) is 36.8 Å². The van der Waals surface area contributed by atoms with Crippen molar-refractivity contribution in [2.24, 2.45) is 5.10 Å². The lowest BCUT2D eigenvalue weighted by Gasteiger charge is -2.08. The lowest BCUT2D eigenvalue weighted by atomic mass is 10.1. The molecule has 3 aromatic carbocycles. The summed E-state index contributed by atoms with van der Waals surface area (Å²) in [5.41, 5.74) is 6.58. The quantitative estimate of drug-likeness (QED) is 0.404. The summed E-state index contributed by atoms with van der Waals surface area (Å²) >= 11 is 0. The highest BCUT2D eigenvalue weighted by Gasteiger charge is 2.08. The van der Waals surface area contributed by atoms with Gasteiger partial charge in [-0.25, -0.2) is 14.4 Å². The second kappa shape index (κ2) is 7.33. The summed E-state index contributed by atoms with van der Waals surface area (Å²) in [7, 11) is 0. The van der Waals surface area contributed by atoms with E-state index in [2.05, 4.69) is 20.5 Å². The number of nitrogens with zero attached hydrogens (tertiary/aromatic N) is 3. The second-order valence-corrected chi connectivity index (χ2v) is 6.20. The van der Waals surface area contributed by atoms with Crippen LogP contribution in [0.3, 0.4) is 0 Å². The number of halogens is 1. The smallest absolute Gasteiger partial charge is 0.162 e. The maximum atomic E-state index is 13.3. The minimum Gasteiger partial charge on any atom is -0.261 e. The predicted molar refractivity (Wildman–Crippen MR) is 107 cm³/mol. The zero-order valence-corrected chi connectivity index (χ0v) is 14.7. The van der Waals surface area contributed by atoms with Gasteiger partial charge in [0, 0.05) is 10.9 Å². The van der Waals surface area contributed by atoms with Gasteiger partial charge in [0.15, 0.2) is 11.6 Å². The highest BCUT2D eigenvalue weighted by molar-refractivity contribution is 5.91. The maximum Gasteiger partial charge on any atom is 0.162 e. The third-order valence-electron chi connectivity index (χ3n) is 4.15. The summed E-state index contributed by atoms with van der Waals surface area (Å²) in [6.45, 7) is 2.04. The lowest BCUT2D eigenvalue weighted by Crippen LogP contribution is -1.99. The first-order chi connectivity index (χ1) is 13.2. The van der Waals surface area contributed by atoms with E-state index in [0.717, 1.165) is 16.5 Å².